The second kappa shape index (κ2) is 10.5. The zero-order chi connectivity index (χ0) is 26.8. The molecule has 7 heteroatoms. The number of carbonyl (C=O) groups is 2. The Balaban J connectivity index is 1.22. The highest BCUT2D eigenvalue weighted by Gasteiger charge is 2.24. The minimum absolute atomic E-state index is 0.214. The second-order valence-electron chi connectivity index (χ2n) is 9.72. The van der Waals surface area contributed by atoms with E-state index in [0.717, 1.165) is 48.3 Å². The summed E-state index contributed by atoms with van der Waals surface area (Å²) in [6.45, 7) is 0. The summed E-state index contributed by atoms with van der Waals surface area (Å²) < 4.78 is 8.05. The van der Waals surface area contributed by atoms with Crippen LogP contribution in [0.25, 0.3) is 22.4 Å². The largest absolute Gasteiger partial charge is 0.478 e. The van der Waals surface area contributed by atoms with Crippen LogP contribution in [0.2, 0.25) is 0 Å². The lowest BCUT2D eigenvalue weighted by Crippen LogP contribution is -2.12. The number of nitrogens with one attached hydrogen (secondary N) is 1. The highest BCUT2D eigenvalue weighted by atomic mass is 16.5. The summed E-state index contributed by atoms with van der Waals surface area (Å²) >= 11 is 0. The number of hydrogen-bond acceptors (Lipinski definition) is 4. The van der Waals surface area contributed by atoms with E-state index in [1.54, 1.807) is 36.4 Å². The van der Waals surface area contributed by atoms with Gasteiger partial charge in [0.15, 0.2) is 0 Å². The highest BCUT2D eigenvalue weighted by Crippen LogP contribution is 2.37. The monoisotopic (exact) mass is 517 g/mol. The number of carbonyl (C=O) groups excluding carboxylic acids is 1. The minimum Gasteiger partial charge on any atom is -0.478 e. The molecule has 0 atom stereocenters. The maximum absolute atomic E-state index is 12.9. The van der Waals surface area contributed by atoms with Gasteiger partial charge in [0.1, 0.15) is 17.3 Å². The van der Waals surface area contributed by atoms with Crippen molar-refractivity contribution in [3.05, 3.63) is 108 Å². The summed E-state index contributed by atoms with van der Waals surface area (Å²) in [6.07, 6.45) is 4.45. The molecule has 5 aromatic rings. The van der Waals surface area contributed by atoms with E-state index in [4.69, 9.17) is 9.72 Å². The van der Waals surface area contributed by atoms with Gasteiger partial charge in [-0.25, -0.2) is 9.78 Å². The van der Waals surface area contributed by atoms with Crippen molar-refractivity contribution >= 4 is 28.6 Å². The van der Waals surface area contributed by atoms with E-state index in [2.05, 4.69) is 9.88 Å². The standard InChI is InChI=1S/C32H27N3O4/c36-31(33-24-15-17-27(18-16-24)39-26-8-2-1-3-9-26)22-12-10-21(11-13-22)30-34-28-20-23(32(37)38)14-19-29(28)35(30)25-6-4-5-7-25/h1-3,8-20,25H,4-7H2,(H,33,36)(H,37,38). The predicted molar refractivity (Wildman–Crippen MR) is 151 cm³/mol. The van der Waals surface area contributed by atoms with Gasteiger partial charge in [-0.2, -0.15) is 0 Å². The van der Waals surface area contributed by atoms with Crippen molar-refractivity contribution in [2.75, 3.05) is 5.32 Å². The van der Waals surface area contributed by atoms with E-state index in [-0.39, 0.29) is 11.5 Å². The molecule has 7 nitrogen and oxygen atoms in total. The Morgan fingerprint density at radius 2 is 1.49 bits per heavy atom. The summed E-state index contributed by atoms with van der Waals surface area (Å²) in [5.41, 5.74) is 3.90. The zero-order valence-electron chi connectivity index (χ0n) is 21.2. The number of carboxylic acids is 1. The molecule has 0 bridgehead atoms. The first-order chi connectivity index (χ1) is 19.0. The summed E-state index contributed by atoms with van der Waals surface area (Å²) in [4.78, 5) is 29.3. The average molecular weight is 518 g/mol. The van der Waals surface area contributed by atoms with Crippen LogP contribution in [-0.4, -0.2) is 26.5 Å². The van der Waals surface area contributed by atoms with Gasteiger partial charge in [-0.3, -0.25) is 4.79 Å². The van der Waals surface area contributed by atoms with Crippen molar-refractivity contribution in [3.8, 4) is 22.9 Å². The van der Waals surface area contributed by atoms with Crippen molar-refractivity contribution in [1.82, 2.24) is 9.55 Å². The molecular formula is C32H27N3O4. The molecule has 6 rings (SSSR count). The van der Waals surface area contributed by atoms with Gasteiger partial charge in [0.05, 0.1) is 16.6 Å². The minimum atomic E-state index is -0.970. The highest BCUT2D eigenvalue weighted by molar-refractivity contribution is 6.04. The van der Waals surface area contributed by atoms with Gasteiger partial charge in [-0.1, -0.05) is 43.2 Å². The van der Waals surface area contributed by atoms with Crippen molar-refractivity contribution in [2.24, 2.45) is 0 Å². The van der Waals surface area contributed by atoms with Crippen LogP contribution < -0.4 is 10.1 Å². The number of aromatic nitrogens is 2. The van der Waals surface area contributed by atoms with Crippen LogP contribution >= 0.6 is 0 Å². The number of nitrogens with zero attached hydrogens (tertiary/aromatic N) is 2. The lowest BCUT2D eigenvalue weighted by molar-refractivity contribution is 0.0696. The molecule has 1 heterocycles. The lowest BCUT2D eigenvalue weighted by Gasteiger charge is -2.17. The smallest absolute Gasteiger partial charge is 0.335 e. The predicted octanol–water partition coefficient (Wildman–Crippen LogP) is 7.56. The average Bonchev–Trinajstić information content (AvgIpc) is 3.62. The number of aromatic carboxylic acids is 1. The maximum Gasteiger partial charge on any atom is 0.335 e. The van der Waals surface area contributed by atoms with Crippen molar-refractivity contribution < 1.29 is 19.4 Å². The molecule has 1 aliphatic carbocycles. The molecule has 0 saturated heterocycles. The molecule has 4 aromatic carbocycles. The second-order valence-corrected chi connectivity index (χ2v) is 9.72. The topological polar surface area (TPSA) is 93.4 Å². The fraction of sp³-hybridized carbons (Fsp3) is 0.156. The molecule has 0 unspecified atom stereocenters. The maximum atomic E-state index is 12.9. The van der Waals surface area contributed by atoms with E-state index in [1.165, 1.54) is 0 Å². The fourth-order valence-electron chi connectivity index (χ4n) is 5.17. The molecule has 1 fully saturated rings. The van der Waals surface area contributed by atoms with E-state index >= 15 is 0 Å². The first-order valence-corrected chi connectivity index (χ1v) is 13.1. The van der Waals surface area contributed by atoms with E-state index in [1.807, 2.05) is 60.7 Å². The van der Waals surface area contributed by atoms with Gasteiger partial charge >= 0.3 is 5.97 Å². The molecule has 1 aromatic heterocycles. The molecule has 0 spiro atoms. The normalized spacial score (nSPS) is 13.4. The number of benzene rings is 4. The SMILES string of the molecule is O=C(O)c1ccc2c(c1)nc(-c1ccc(C(=O)Nc3ccc(Oc4ccccc4)cc3)cc1)n2C1CCCC1. The van der Waals surface area contributed by atoms with Crippen LogP contribution in [-0.2, 0) is 0 Å². The Labute approximate surface area is 225 Å². The van der Waals surface area contributed by atoms with Gasteiger partial charge in [0.2, 0.25) is 0 Å². The van der Waals surface area contributed by atoms with Gasteiger partial charge in [-0.15, -0.1) is 0 Å². The third-order valence-electron chi connectivity index (χ3n) is 7.12. The summed E-state index contributed by atoms with van der Waals surface area (Å²) in [7, 11) is 0. The molecular weight excluding hydrogens is 490 g/mol. The van der Waals surface area contributed by atoms with Crippen molar-refractivity contribution in [3.63, 3.8) is 0 Å². The number of para-hydroxylation sites is 1. The number of ether oxygens (including phenoxy) is 1. The molecule has 2 N–H and O–H groups in total. The fourth-order valence-corrected chi connectivity index (χ4v) is 5.17. The third kappa shape index (κ3) is 5.11. The number of fused-ring (bicyclic) bond motifs is 1. The Morgan fingerprint density at radius 3 is 2.18 bits per heavy atom. The van der Waals surface area contributed by atoms with Crippen molar-refractivity contribution in [1.29, 1.82) is 0 Å². The Bertz CT molecular complexity index is 1640. The molecule has 1 amide bonds. The van der Waals surface area contributed by atoms with Gasteiger partial charge in [-0.05, 0) is 79.6 Å². The quantitative estimate of drug-likeness (QED) is 0.232. The number of carboxylic acid groups (broad SMARTS) is 1. The summed E-state index contributed by atoms with van der Waals surface area (Å²) in [6, 6.07) is 29.6. The molecule has 39 heavy (non-hydrogen) atoms. The first kappa shape index (κ1) is 24.4. The number of hydrogen-bond donors (Lipinski definition) is 2. The third-order valence-corrected chi connectivity index (χ3v) is 7.12. The number of rotatable bonds is 7. The van der Waals surface area contributed by atoms with Crippen LogP contribution in [0.3, 0.4) is 0 Å². The van der Waals surface area contributed by atoms with Gasteiger partial charge < -0.3 is 19.7 Å². The Hall–Kier alpha value is -4.91. The van der Waals surface area contributed by atoms with Crippen LogP contribution in [0.15, 0.2) is 97.1 Å². The molecule has 1 saturated carbocycles. The number of anilines is 1. The van der Waals surface area contributed by atoms with Crippen LogP contribution in [0.5, 0.6) is 11.5 Å². The van der Waals surface area contributed by atoms with Crippen LogP contribution in [0.4, 0.5) is 5.69 Å². The Kier molecular flexibility index (Phi) is 6.55. The van der Waals surface area contributed by atoms with Crippen molar-refractivity contribution in [2.45, 2.75) is 31.7 Å². The zero-order valence-corrected chi connectivity index (χ0v) is 21.2. The number of amides is 1. The van der Waals surface area contributed by atoms with Crippen LogP contribution in [0, 0.1) is 0 Å². The van der Waals surface area contributed by atoms with Gasteiger partial charge in [0, 0.05) is 22.9 Å². The lowest BCUT2D eigenvalue weighted by atomic mass is 10.1. The molecule has 0 aliphatic heterocycles. The summed E-state index contributed by atoms with van der Waals surface area (Å²) in [5, 5.41) is 12.4. The van der Waals surface area contributed by atoms with Crippen LogP contribution in [0.1, 0.15) is 52.4 Å². The first-order valence-electron chi connectivity index (χ1n) is 13.1. The Morgan fingerprint density at radius 1 is 0.821 bits per heavy atom. The molecule has 1 aliphatic rings. The number of imidazole rings is 1. The van der Waals surface area contributed by atoms with E-state index in [0.29, 0.717) is 28.6 Å². The van der Waals surface area contributed by atoms with E-state index in [9.17, 15) is 14.7 Å². The summed E-state index contributed by atoms with van der Waals surface area (Å²) in [5.74, 6) is 1.04. The van der Waals surface area contributed by atoms with Gasteiger partial charge in [0.25, 0.3) is 5.91 Å². The van der Waals surface area contributed by atoms with E-state index < -0.39 is 5.97 Å². The molecule has 194 valence electrons. The molecule has 0 radical (unpaired) electrons.